The summed E-state index contributed by atoms with van der Waals surface area (Å²) >= 11 is 0. The van der Waals surface area contributed by atoms with Gasteiger partial charge in [-0.15, -0.1) is 0 Å². The van der Waals surface area contributed by atoms with Gasteiger partial charge in [-0.25, -0.2) is 4.98 Å². The topological polar surface area (TPSA) is 53.9 Å². The molecule has 0 saturated heterocycles. The highest BCUT2D eigenvalue weighted by atomic mass is 19.4. The molecule has 0 aliphatic carbocycles. The summed E-state index contributed by atoms with van der Waals surface area (Å²) in [5, 5.41) is 0. The van der Waals surface area contributed by atoms with E-state index < -0.39 is 17.6 Å². The molecule has 0 saturated carbocycles. The Morgan fingerprint density at radius 1 is 1.17 bits per heavy atom. The number of rotatable bonds is 3. The first-order valence-corrected chi connectivity index (χ1v) is 9.39. The fourth-order valence-corrected chi connectivity index (χ4v) is 3.95. The van der Waals surface area contributed by atoms with Crippen molar-refractivity contribution in [3.05, 3.63) is 80.8 Å². The summed E-state index contributed by atoms with van der Waals surface area (Å²) in [5.74, 6) is -1.22. The molecule has 152 valence electrons. The lowest BCUT2D eigenvalue weighted by molar-refractivity contribution is -0.145. The number of hydrogen-bond acceptors (Lipinski definition) is 3. The van der Waals surface area contributed by atoms with Crippen LogP contribution in [0.1, 0.15) is 34.0 Å². The van der Waals surface area contributed by atoms with E-state index >= 15 is 0 Å². The summed E-state index contributed by atoms with van der Waals surface area (Å²) in [6, 6.07) is 12.2. The molecule has 5 nitrogen and oxygen atoms in total. The van der Waals surface area contributed by atoms with Gasteiger partial charge in [0.25, 0.3) is 5.56 Å². The quantitative estimate of drug-likeness (QED) is 0.726. The SMILES string of the molecule is Cc1cc(CN2CCc3nc(C(F)(F)F)[nH]c(=O)c3C2)c(C)n1-c1ccccc1. The lowest BCUT2D eigenvalue weighted by atomic mass is 10.1. The minimum atomic E-state index is -4.65. The van der Waals surface area contributed by atoms with Crippen molar-refractivity contribution in [2.24, 2.45) is 0 Å². The molecule has 1 N–H and O–H groups in total. The highest BCUT2D eigenvalue weighted by Crippen LogP contribution is 2.27. The van der Waals surface area contributed by atoms with Gasteiger partial charge in [0.2, 0.25) is 5.82 Å². The first-order chi connectivity index (χ1) is 13.7. The zero-order chi connectivity index (χ0) is 20.8. The third-order valence-corrected chi connectivity index (χ3v) is 5.36. The second-order valence-corrected chi connectivity index (χ2v) is 7.37. The molecule has 3 heterocycles. The minimum absolute atomic E-state index is 0.243. The molecule has 0 unspecified atom stereocenters. The monoisotopic (exact) mass is 402 g/mol. The molecule has 1 aliphatic heterocycles. The van der Waals surface area contributed by atoms with Gasteiger partial charge in [-0.1, -0.05) is 18.2 Å². The molecule has 1 aliphatic rings. The number of alkyl halides is 3. The van der Waals surface area contributed by atoms with Crippen LogP contribution in [0.25, 0.3) is 5.69 Å². The summed E-state index contributed by atoms with van der Waals surface area (Å²) in [6.45, 7) is 5.55. The average Bonchev–Trinajstić information content (AvgIpc) is 2.95. The standard InChI is InChI=1S/C21H21F3N4O/c1-13-10-15(14(2)28(13)16-6-4-3-5-7-16)11-27-9-8-18-17(12-27)19(29)26-20(25-18)21(22,23)24/h3-7,10H,8-9,11-12H2,1-2H3,(H,25,26,29). The van der Waals surface area contributed by atoms with E-state index in [1.165, 1.54) is 0 Å². The third-order valence-electron chi connectivity index (χ3n) is 5.36. The maximum atomic E-state index is 12.9. The Morgan fingerprint density at radius 3 is 2.59 bits per heavy atom. The summed E-state index contributed by atoms with van der Waals surface area (Å²) in [4.78, 5) is 19.8. The summed E-state index contributed by atoms with van der Waals surface area (Å²) in [7, 11) is 0. The van der Waals surface area contributed by atoms with Crippen LogP contribution in [0.5, 0.6) is 0 Å². The lowest BCUT2D eigenvalue weighted by Crippen LogP contribution is -2.36. The molecule has 3 aromatic rings. The van der Waals surface area contributed by atoms with Crippen molar-refractivity contribution in [1.82, 2.24) is 19.4 Å². The van der Waals surface area contributed by atoms with Gasteiger partial charge in [-0.05, 0) is 37.6 Å². The number of hydrogen-bond donors (Lipinski definition) is 1. The molecule has 2 aromatic heterocycles. The molecule has 0 spiro atoms. The van der Waals surface area contributed by atoms with Gasteiger partial charge in [-0.2, -0.15) is 13.2 Å². The molecule has 0 radical (unpaired) electrons. The van der Waals surface area contributed by atoms with Gasteiger partial charge in [0.15, 0.2) is 0 Å². The second kappa shape index (κ2) is 7.18. The number of fused-ring (bicyclic) bond motifs is 1. The van der Waals surface area contributed by atoms with E-state index in [9.17, 15) is 18.0 Å². The van der Waals surface area contributed by atoms with Crippen molar-refractivity contribution >= 4 is 0 Å². The van der Waals surface area contributed by atoms with E-state index in [1.54, 1.807) is 0 Å². The van der Waals surface area contributed by atoms with Crippen molar-refractivity contribution in [2.75, 3.05) is 6.54 Å². The van der Waals surface area contributed by atoms with Crippen molar-refractivity contribution in [1.29, 1.82) is 0 Å². The van der Waals surface area contributed by atoms with Crippen molar-refractivity contribution in [2.45, 2.75) is 39.5 Å². The van der Waals surface area contributed by atoms with Crippen molar-refractivity contribution < 1.29 is 13.2 Å². The number of benzene rings is 1. The predicted molar refractivity (Wildman–Crippen MR) is 103 cm³/mol. The zero-order valence-corrected chi connectivity index (χ0v) is 16.2. The predicted octanol–water partition coefficient (Wildman–Crippen LogP) is 3.75. The van der Waals surface area contributed by atoms with Crippen LogP contribution in [0.3, 0.4) is 0 Å². The number of nitrogens with one attached hydrogen (secondary N) is 1. The fraction of sp³-hybridized carbons (Fsp3) is 0.333. The molecule has 0 fully saturated rings. The average molecular weight is 402 g/mol. The van der Waals surface area contributed by atoms with E-state index in [0.29, 0.717) is 25.1 Å². The Bertz CT molecular complexity index is 1100. The molecule has 0 atom stereocenters. The molecule has 0 bridgehead atoms. The Morgan fingerprint density at radius 2 is 1.90 bits per heavy atom. The van der Waals surface area contributed by atoms with Crippen LogP contribution in [0.4, 0.5) is 13.2 Å². The molecule has 8 heteroatoms. The molecule has 0 amide bonds. The van der Waals surface area contributed by atoms with Crippen LogP contribution in [0.2, 0.25) is 0 Å². The van der Waals surface area contributed by atoms with Crippen molar-refractivity contribution in [3.8, 4) is 5.69 Å². The number of aromatic amines is 1. The van der Waals surface area contributed by atoms with Crippen LogP contribution in [0, 0.1) is 13.8 Å². The number of halogens is 3. The van der Waals surface area contributed by atoms with Gasteiger partial charge in [0.1, 0.15) is 0 Å². The van der Waals surface area contributed by atoms with E-state index in [0.717, 1.165) is 22.6 Å². The summed E-state index contributed by atoms with van der Waals surface area (Å²) < 4.78 is 40.8. The van der Waals surface area contributed by atoms with E-state index in [2.05, 4.69) is 27.4 Å². The van der Waals surface area contributed by atoms with Gasteiger partial charge in [0.05, 0.1) is 11.3 Å². The maximum Gasteiger partial charge on any atom is 0.449 e. The Hall–Kier alpha value is -2.87. The lowest BCUT2D eigenvalue weighted by Gasteiger charge is -2.27. The molecule has 29 heavy (non-hydrogen) atoms. The normalized spacial score (nSPS) is 14.8. The zero-order valence-electron chi connectivity index (χ0n) is 16.2. The maximum absolute atomic E-state index is 12.9. The van der Waals surface area contributed by atoms with E-state index in [1.807, 2.05) is 42.2 Å². The highest BCUT2D eigenvalue weighted by molar-refractivity contribution is 5.41. The number of H-pyrrole nitrogens is 1. The number of aryl methyl sites for hydroxylation is 1. The third kappa shape index (κ3) is 3.72. The number of para-hydroxylation sites is 1. The summed E-state index contributed by atoms with van der Waals surface area (Å²) in [6.07, 6.45) is -4.33. The van der Waals surface area contributed by atoms with E-state index in [-0.39, 0.29) is 12.2 Å². The van der Waals surface area contributed by atoms with Gasteiger partial charge >= 0.3 is 6.18 Å². The fourth-order valence-electron chi connectivity index (χ4n) is 3.95. The molecule has 1 aromatic carbocycles. The van der Waals surface area contributed by atoms with Crippen molar-refractivity contribution in [3.63, 3.8) is 0 Å². The molecular formula is C21H21F3N4O. The Labute approximate surface area is 165 Å². The van der Waals surface area contributed by atoms with Gasteiger partial charge < -0.3 is 9.55 Å². The van der Waals surface area contributed by atoms with Gasteiger partial charge in [-0.3, -0.25) is 9.69 Å². The summed E-state index contributed by atoms with van der Waals surface area (Å²) in [5.41, 5.74) is 4.29. The Kier molecular flexibility index (Phi) is 4.82. The van der Waals surface area contributed by atoms with Crippen LogP contribution in [-0.2, 0) is 25.7 Å². The first-order valence-electron chi connectivity index (χ1n) is 9.39. The second-order valence-electron chi connectivity index (χ2n) is 7.37. The van der Waals surface area contributed by atoms with Gasteiger partial charge in [0, 0.05) is 43.1 Å². The molecule has 4 rings (SSSR count). The Balaban J connectivity index is 1.58. The first kappa shape index (κ1) is 19.4. The highest BCUT2D eigenvalue weighted by Gasteiger charge is 2.36. The molecular weight excluding hydrogens is 381 g/mol. The van der Waals surface area contributed by atoms with Crippen LogP contribution >= 0.6 is 0 Å². The number of aromatic nitrogens is 3. The van der Waals surface area contributed by atoms with Crippen LogP contribution in [-0.4, -0.2) is 26.0 Å². The van der Waals surface area contributed by atoms with E-state index in [4.69, 9.17) is 0 Å². The number of nitrogens with zero attached hydrogens (tertiary/aromatic N) is 3. The van der Waals surface area contributed by atoms with Crippen LogP contribution < -0.4 is 5.56 Å². The minimum Gasteiger partial charge on any atom is -0.318 e. The largest absolute Gasteiger partial charge is 0.449 e. The smallest absolute Gasteiger partial charge is 0.318 e. The van der Waals surface area contributed by atoms with Crippen LogP contribution in [0.15, 0.2) is 41.2 Å².